The minimum Gasteiger partial charge on any atom is -0.409 e. The lowest BCUT2D eigenvalue weighted by Gasteiger charge is -2.22. The third-order valence-electron chi connectivity index (χ3n) is 5.79. The molecule has 2 heterocycles. The summed E-state index contributed by atoms with van der Waals surface area (Å²) in [4.78, 5) is 34.9. The monoisotopic (exact) mass is 596 g/mol. The molecule has 4 rings (SSSR count). The smallest absolute Gasteiger partial charge is 0.409 e. The molecule has 0 aliphatic carbocycles. The van der Waals surface area contributed by atoms with Crippen molar-refractivity contribution in [3.63, 3.8) is 0 Å². The summed E-state index contributed by atoms with van der Waals surface area (Å²) in [7, 11) is 4.10. The van der Waals surface area contributed by atoms with E-state index in [0.717, 1.165) is 65.7 Å². The third-order valence-corrected chi connectivity index (χ3v) is 5.79. The van der Waals surface area contributed by atoms with Crippen LogP contribution >= 0.6 is 0 Å². The number of carbonyl (C=O) groups is 2. The van der Waals surface area contributed by atoms with E-state index in [2.05, 4.69) is 15.1 Å². The fourth-order valence-corrected chi connectivity index (χ4v) is 3.62. The Labute approximate surface area is 232 Å². The zero-order valence-corrected chi connectivity index (χ0v) is 21.8. The molecule has 0 radical (unpaired) electrons. The fourth-order valence-electron chi connectivity index (χ4n) is 3.62. The maximum Gasteiger partial charge on any atom is 0.420 e. The Kier molecular flexibility index (Phi) is 7.91. The highest BCUT2D eigenvalue weighted by atomic mass is 19.4. The number of alkyl halides is 6. The quantitative estimate of drug-likeness (QED) is 0.269. The van der Waals surface area contributed by atoms with Crippen LogP contribution in [0.2, 0.25) is 0 Å². The van der Waals surface area contributed by atoms with Gasteiger partial charge in [0.2, 0.25) is 0 Å². The van der Waals surface area contributed by atoms with Crippen LogP contribution in [0.15, 0.2) is 61.2 Å². The van der Waals surface area contributed by atoms with Crippen LogP contribution in [0.5, 0.6) is 5.75 Å². The topological polar surface area (TPSA) is 93.5 Å². The van der Waals surface area contributed by atoms with Gasteiger partial charge < -0.3 is 9.64 Å². The lowest BCUT2D eigenvalue weighted by molar-refractivity contribution is -0.143. The Balaban J connectivity index is 1.81. The number of carbonyl (C=O) groups excluding carboxylic acids is 2. The van der Waals surface area contributed by atoms with E-state index in [1.165, 1.54) is 19.0 Å². The van der Waals surface area contributed by atoms with Gasteiger partial charge in [-0.15, -0.1) is 0 Å². The molecule has 2 aromatic carbocycles. The summed E-state index contributed by atoms with van der Waals surface area (Å²) in [6.45, 7) is 0. The van der Waals surface area contributed by atoms with Crippen LogP contribution in [0.1, 0.15) is 21.6 Å². The first-order valence-electron chi connectivity index (χ1n) is 11.7. The van der Waals surface area contributed by atoms with Crippen LogP contribution in [0.3, 0.4) is 0 Å². The number of aromatic nitrogens is 4. The highest BCUT2D eigenvalue weighted by Gasteiger charge is 2.41. The molecule has 42 heavy (non-hydrogen) atoms. The van der Waals surface area contributed by atoms with Gasteiger partial charge in [0.25, 0.3) is 5.91 Å². The molecule has 9 nitrogen and oxygen atoms in total. The number of amides is 2. The van der Waals surface area contributed by atoms with Crippen molar-refractivity contribution < 1.29 is 45.1 Å². The Morgan fingerprint density at radius 1 is 0.881 bits per heavy atom. The van der Waals surface area contributed by atoms with Gasteiger partial charge in [-0.2, -0.15) is 31.4 Å². The Morgan fingerprint density at radius 2 is 1.55 bits per heavy atom. The van der Waals surface area contributed by atoms with Crippen molar-refractivity contribution in [1.29, 1.82) is 0 Å². The average Bonchev–Trinajstić information content (AvgIpc) is 3.41. The van der Waals surface area contributed by atoms with Crippen molar-refractivity contribution >= 4 is 17.7 Å². The van der Waals surface area contributed by atoms with Crippen molar-refractivity contribution in [2.75, 3.05) is 26.0 Å². The zero-order valence-electron chi connectivity index (χ0n) is 21.8. The maximum absolute atomic E-state index is 14.1. The van der Waals surface area contributed by atoms with Gasteiger partial charge in [-0.05, 0) is 36.4 Å². The summed E-state index contributed by atoms with van der Waals surface area (Å²) in [6.07, 6.45) is -7.74. The minimum atomic E-state index is -5.38. The number of rotatable bonds is 5. The highest BCUT2D eigenvalue weighted by molar-refractivity contribution is 5.92. The number of benzene rings is 2. The molecule has 0 bridgehead atoms. The standard InChI is InChI=1S/C26H19F7N6O3/c1-37(2)23(40)20-11-35-21(12-34-20)39-13-14(10-36-39)18-8-15(25(28,29)30)9-19(26(31,32)33)22(18)42-24(41)38(3)17-6-4-16(27)5-7-17/h4-13H,1-3H3. The minimum absolute atomic E-state index is 0.0193. The molecule has 4 aromatic rings. The molecular formula is C26H19F7N6O3. The largest absolute Gasteiger partial charge is 0.420 e. The number of nitrogens with zero attached hydrogens (tertiary/aromatic N) is 6. The van der Waals surface area contributed by atoms with E-state index in [4.69, 9.17) is 4.74 Å². The highest BCUT2D eigenvalue weighted by Crippen LogP contribution is 2.46. The number of hydrogen-bond acceptors (Lipinski definition) is 6. The van der Waals surface area contributed by atoms with Crippen LogP contribution in [-0.2, 0) is 12.4 Å². The predicted molar refractivity (Wildman–Crippen MR) is 133 cm³/mol. The van der Waals surface area contributed by atoms with Gasteiger partial charge in [0, 0.05) is 44.2 Å². The second kappa shape index (κ2) is 11.1. The lowest BCUT2D eigenvalue weighted by atomic mass is 9.99. The molecule has 0 N–H and O–H groups in total. The van der Waals surface area contributed by atoms with Gasteiger partial charge in [-0.3, -0.25) is 9.69 Å². The molecule has 0 fully saturated rings. The Hall–Kier alpha value is -5.02. The number of anilines is 1. The van der Waals surface area contributed by atoms with E-state index >= 15 is 0 Å². The van der Waals surface area contributed by atoms with Gasteiger partial charge in [0.15, 0.2) is 11.6 Å². The molecule has 0 saturated heterocycles. The Morgan fingerprint density at radius 3 is 2.10 bits per heavy atom. The van der Waals surface area contributed by atoms with Gasteiger partial charge in [0.05, 0.1) is 29.7 Å². The van der Waals surface area contributed by atoms with Crippen molar-refractivity contribution in [2.45, 2.75) is 12.4 Å². The predicted octanol–water partition coefficient (Wildman–Crippen LogP) is 5.84. The van der Waals surface area contributed by atoms with Crippen LogP contribution in [0.4, 0.5) is 41.2 Å². The second-order valence-electron chi connectivity index (χ2n) is 8.93. The van der Waals surface area contributed by atoms with Gasteiger partial charge in [-0.1, -0.05) is 0 Å². The van der Waals surface area contributed by atoms with E-state index in [1.54, 1.807) is 0 Å². The molecule has 0 aliphatic rings. The zero-order chi connectivity index (χ0) is 31.0. The van der Waals surface area contributed by atoms with E-state index in [1.807, 2.05) is 0 Å². The van der Waals surface area contributed by atoms with E-state index in [0.29, 0.717) is 6.07 Å². The number of hydrogen-bond donors (Lipinski definition) is 0. The summed E-state index contributed by atoms with van der Waals surface area (Å²) < 4.78 is 103. The van der Waals surface area contributed by atoms with Gasteiger partial charge in [-0.25, -0.2) is 23.8 Å². The lowest BCUT2D eigenvalue weighted by Crippen LogP contribution is -2.30. The third kappa shape index (κ3) is 6.31. The summed E-state index contributed by atoms with van der Waals surface area (Å²) in [5, 5.41) is 3.94. The molecule has 0 atom stereocenters. The van der Waals surface area contributed by atoms with Crippen molar-refractivity contribution in [3.8, 4) is 22.7 Å². The summed E-state index contributed by atoms with van der Waals surface area (Å²) >= 11 is 0. The number of ether oxygens (including phenoxy) is 1. The summed E-state index contributed by atoms with van der Waals surface area (Å²) in [5.74, 6) is -2.34. The normalized spacial score (nSPS) is 11.8. The maximum atomic E-state index is 14.1. The van der Waals surface area contributed by atoms with Crippen LogP contribution in [0, 0.1) is 5.82 Å². The number of halogens is 7. The molecule has 0 saturated carbocycles. The molecular weight excluding hydrogens is 577 g/mol. The molecule has 0 spiro atoms. The van der Waals surface area contributed by atoms with E-state index in [-0.39, 0.29) is 28.8 Å². The first kappa shape index (κ1) is 30.0. The summed E-state index contributed by atoms with van der Waals surface area (Å²) in [5.41, 5.74) is -4.57. The summed E-state index contributed by atoms with van der Waals surface area (Å²) in [6, 6.07) is 4.50. The van der Waals surface area contributed by atoms with Crippen LogP contribution in [-0.4, -0.2) is 57.8 Å². The SMILES string of the molecule is CN(C)C(=O)c1cnc(-n2cc(-c3cc(C(F)(F)F)cc(C(F)(F)F)c3OC(=O)N(C)c3ccc(F)cc3)cn2)cn1. The molecule has 2 amide bonds. The van der Waals surface area contributed by atoms with Crippen molar-refractivity contribution in [2.24, 2.45) is 0 Å². The molecule has 2 aromatic heterocycles. The molecule has 220 valence electrons. The van der Waals surface area contributed by atoms with Crippen LogP contribution < -0.4 is 9.64 Å². The van der Waals surface area contributed by atoms with Gasteiger partial charge in [0.1, 0.15) is 11.5 Å². The average molecular weight is 596 g/mol. The second-order valence-corrected chi connectivity index (χ2v) is 8.93. The molecule has 0 aliphatic heterocycles. The van der Waals surface area contributed by atoms with Gasteiger partial charge >= 0.3 is 18.4 Å². The van der Waals surface area contributed by atoms with Crippen molar-refractivity contribution in [1.82, 2.24) is 24.6 Å². The van der Waals surface area contributed by atoms with E-state index < -0.39 is 52.6 Å². The first-order chi connectivity index (χ1) is 19.6. The first-order valence-corrected chi connectivity index (χ1v) is 11.7. The van der Waals surface area contributed by atoms with Crippen molar-refractivity contribution in [3.05, 3.63) is 83.8 Å². The molecule has 0 unspecified atom stereocenters. The molecule has 16 heteroatoms. The van der Waals surface area contributed by atoms with E-state index in [9.17, 15) is 40.3 Å². The van der Waals surface area contributed by atoms with Crippen LogP contribution in [0.25, 0.3) is 16.9 Å². The Bertz CT molecular complexity index is 1620. The fraction of sp³-hybridized carbons (Fsp3) is 0.192.